The molecule has 0 bridgehead atoms. The molecule has 4 nitrogen and oxygen atoms in total. The van der Waals surface area contributed by atoms with Gasteiger partial charge in [-0.3, -0.25) is 0 Å². The van der Waals surface area contributed by atoms with Gasteiger partial charge in [-0.15, -0.1) is 0 Å². The maximum atomic E-state index is 9.88. The Bertz CT molecular complexity index is 449. The SMILES string of the molecule is Cc1cc(OC[C@@H](O)CNC[C@H](C)O)c(C(C)C)cc1Cl. The molecule has 0 saturated carbocycles. The normalized spacial score (nSPS) is 14.3. The predicted molar refractivity (Wildman–Crippen MR) is 86.3 cm³/mol. The molecule has 2 atom stereocenters. The van der Waals surface area contributed by atoms with Gasteiger partial charge in [0.15, 0.2) is 0 Å². The fourth-order valence-electron chi connectivity index (χ4n) is 1.95. The van der Waals surface area contributed by atoms with Gasteiger partial charge in [-0.05, 0) is 43.0 Å². The number of aliphatic hydroxyl groups is 2. The lowest BCUT2D eigenvalue weighted by Crippen LogP contribution is -2.35. The summed E-state index contributed by atoms with van der Waals surface area (Å²) in [5.74, 6) is 1.06. The van der Waals surface area contributed by atoms with Gasteiger partial charge in [-0.25, -0.2) is 0 Å². The Morgan fingerprint density at radius 3 is 2.43 bits per heavy atom. The number of nitrogens with one attached hydrogen (secondary N) is 1. The molecule has 0 aliphatic rings. The number of hydrogen-bond acceptors (Lipinski definition) is 4. The summed E-state index contributed by atoms with van der Waals surface area (Å²) < 4.78 is 5.74. The van der Waals surface area contributed by atoms with E-state index in [1.165, 1.54) is 0 Å². The van der Waals surface area contributed by atoms with Crippen molar-refractivity contribution in [2.24, 2.45) is 0 Å². The summed E-state index contributed by atoms with van der Waals surface area (Å²) in [6.07, 6.45) is -1.05. The van der Waals surface area contributed by atoms with E-state index in [-0.39, 0.29) is 6.61 Å². The van der Waals surface area contributed by atoms with E-state index in [0.717, 1.165) is 21.9 Å². The molecular weight excluding hydrogens is 290 g/mol. The van der Waals surface area contributed by atoms with Gasteiger partial charge in [0.05, 0.1) is 6.10 Å². The monoisotopic (exact) mass is 315 g/mol. The zero-order chi connectivity index (χ0) is 16.0. The predicted octanol–water partition coefficient (Wildman–Crippen LogP) is 2.48. The highest BCUT2D eigenvalue weighted by molar-refractivity contribution is 6.31. The van der Waals surface area contributed by atoms with Crippen LogP contribution in [-0.2, 0) is 0 Å². The Morgan fingerprint density at radius 1 is 1.19 bits per heavy atom. The van der Waals surface area contributed by atoms with Crippen LogP contribution in [0.5, 0.6) is 5.75 Å². The molecule has 0 aliphatic carbocycles. The summed E-state index contributed by atoms with van der Waals surface area (Å²) in [4.78, 5) is 0. The molecule has 0 aromatic heterocycles. The number of benzene rings is 1. The first-order valence-electron chi connectivity index (χ1n) is 7.31. The first-order chi connectivity index (χ1) is 9.81. The van der Waals surface area contributed by atoms with Crippen molar-refractivity contribution in [2.45, 2.75) is 45.8 Å². The van der Waals surface area contributed by atoms with Crippen molar-refractivity contribution in [3.8, 4) is 5.75 Å². The Hall–Kier alpha value is -0.810. The van der Waals surface area contributed by atoms with Crippen molar-refractivity contribution in [3.05, 3.63) is 28.3 Å². The van der Waals surface area contributed by atoms with Crippen LogP contribution in [0.15, 0.2) is 12.1 Å². The van der Waals surface area contributed by atoms with Crippen molar-refractivity contribution in [1.29, 1.82) is 0 Å². The average Bonchev–Trinajstić information content (AvgIpc) is 2.39. The van der Waals surface area contributed by atoms with Crippen molar-refractivity contribution in [3.63, 3.8) is 0 Å². The fraction of sp³-hybridized carbons (Fsp3) is 0.625. The summed E-state index contributed by atoms with van der Waals surface area (Å²) >= 11 is 6.15. The van der Waals surface area contributed by atoms with E-state index in [1.807, 2.05) is 19.1 Å². The van der Waals surface area contributed by atoms with Crippen molar-refractivity contribution < 1.29 is 14.9 Å². The van der Waals surface area contributed by atoms with Gasteiger partial charge in [0.25, 0.3) is 0 Å². The third-order valence-electron chi connectivity index (χ3n) is 3.16. The smallest absolute Gasteiger partial charge is 0.123 e. The fourth-order valence-corrected chi connectivity index (χ4v) is 2.12. The Kier molecular flexibility index (Phi) is 7.46. The van der Waals surface area contributed by atoms with Crippen LogP contribution in [0.2, 0.25) is 5.02 Å². The molecule has 0 amide bonds. The average molecular weight is 316 g/mol. The zero-order valence-corrected chi connectivity index (χ0v) is 13.9. The molecule has 1 aromatic carbocycles. The van der Waals surface area contributed by atoms with Gasteiger partial charge < -0.3 is 20.3 Å². The molecule has 0 fully saturated rings. The van der Waals surface area contributed by atoms with Crippen LogP contribution in [-0.4, -0.2) is 42.1 Å². The third kappa shape index (κ3) is 6.22. The van der Waals surface area contributed by atoms with Crippen LogP contribution in [0.4, 0.5) is 0 Å². The minimum absolute atomic E-state index is 0.202. The number of halogens is 1. The molecule has 0 saturated heterocycles. The van der Waals surface area contributed by atoms with E-state index in [2.05, 4.69) is 19.2 Å². The van der Waals surface area contributed by atoms with Crippen LogP contribution in [0.1, 0.15) is 37.8 Å². The second kappa shape index (κ2) is 8.59. The topological polar surface area (TPSA) is 61.7 Å². The quantitative estimate of drug-likeness (QED) is 0.690. The highest BCUT2D eigenvalue weighted by Crippen LogP contribution is 2.32. The summed E-state index contributed by atoms with van der Waals surface area (Å²) in [6, 6.07) is 3.84. The lowest BCUT2D eigenvalue weighted by molar-refractivity contribution is 0.101. The molecule has 0 unspecified atom stereocenters. The first kappa shape index (κ1) is 18.2. The second-order valence-electron chi connectivity index (χ2n) is 5.77. The van der Waals surface area contributed by atoms with Crippen LogP contribution < -0.4 is 10.1 Å². The second-order valence-corrected chi connectivity index (χ2v) is 6.17. The number of aliphatic hydroxyl groups excluding tert-OH is 2. The highest BCUT2D eigenvalue weighted by Gasteiger charge is 2.13. The summed E-state index contributed by atoms with van der Waals surface area (Å²) in [6.45, 7) is 8.82. The molecule has 0 aliphatic heterocycles. The Balaban J connectivity index is 2.60. The van der Waals surface area contributed by atoms with Crippen LogP contribution in [0, 0.1) is 6.92 Å². The van der Waals surface area contributed by atoms with E-state index < -0.39 is 12.2 Å². The number of ether oxygens (including phenoxy) is 1. The van der Waals surface area contributed by atoms with Crippen molar-refractivity contribution >= 4 is 11.6 Å². The van der Waals surface area contributed by atoms with E-state index in [9.17, 15) is 5.11 Å². The first-order valence-corrected chi connectivity index (χ1v) is 7.68. The maximum Gasteiger partial charge on any atom is 0.123 e. The molecule has 1 rings (SSSR count). The van der Waals surface area contributed by atoms with Gasteiger partial charge in [-0.2, -0.15) is 0 Å². The molecular formula is C16H26ClNO3. The van der Waals surface area contributed by atoms with Gasteiger partial charge in [-0.1, -0.05) is 25.4 Å². The van der Waals surface area contributed by atoms with Gasteiger partial charge in [0, 0.05) is 18.1 Å². The molecule has 0 radical (unpaired) electrons. The Labute approximate surface area is 132 Å². The van der Waals surface area contributed by atoms with Gasteiger partial charge in [0.2, 0.25) is 0 Å². The van der Waals surface area contributed by atoms with Crippen LogP contribution in [0.25, 0.3) is 0 Å². The molecule has 5 heteroatoms. The third-order valence-corrected chi connectivity index (χ3v) is 3.57. The zero-order valence-electron chi connectivity index (χ0n) is 13.2. The molecule has 0 heterocycles. The molecule has 3 N–H and O–H groups in total. The minimum Gasteiger partial charge on any atom is -0.491 e. The lowest BCUT2D eigenvalue weighted by Gasteiger charge is -2.18. The largest absolute Gasteiger partial charge is 0.491 e. The van der Waals surface area contributed by atoms with Gasteiger partial charge >= 0.3 is 0 Å². The number of hydrogen-bond donors (Lipinski definition) is 3. The van der Waals surface area contributed by atoms with E-state index in [4.69, 9.17) is 21.4 Å². The summed E-state index contributed by atoms with van der Waals surface area (Å²) in [5, 5.41) is 22.7. The van der Waals surface area contributed by atoms with E-state index in [0.29, 0.717) is 19.0 Å². The van der Waals surface area contributed by atoms with E-state index >= 15 is 0 Å². The standard InChI is InChI=1S/C16H26ClNO3/c1-10(2)14-6-15(17)11(3)5-16(14)21-9-13(20)8-18-7-12(4)19/h5-6,10,12-13,18-20H,7-9H2,1-4H3/t12-,13-/m0/s1. The number of aryl methyl sites for hydroxylation is 1. The van der Waals surface area contributed by atoms with E-state index in [1.54, 1.807) is 6.92 Å². The van der Waals surface area contributed by atoms with Crippen LogP contribution >= 0.6 is 11.6 Å². The van der Waals surface area contributed by atoms with Crippen molar-refractivity contribution in [2.75, 3.05) is 19.7 Å². The lowest BCUT2D eigenvalue weighted by atomic mass is 10.0. The molecule has 21 heavy (non-hydrogen) atoms. The Morgan fingerprint density at radius 2 is 1.86 bits per heavy atom. The van der Waals surface area contributed by atoms with Crippen molar-refractivity contribution in [1.82, 2.24) is 5.32 Å². The summed E-state index contributed by atoms with van der Waals surface area (Å²) in [5.41, 5.74) is 1.99. The van der Waals surface area contributed by atoms with Gasteiger partial charge in [0.1, 0.15) is 18.5 Å². The molecule has 120 valence electrons. The minimum atomic E-state index is -0.625. The highest BCUT2D eigenvalue weighted by atomic mass is 35.5. The van der Waals surface area contributed by atoms with Crippen LogP contribution in [0.3, 0.4) is 0 Å². The number of rotatable bonds is 8. The summed E-state index contributed by atoms with van der Waals surface area (Å²) in [7, 11) is 0. The molecule has 0 spiro atoms. The molecule has 1 aromatic rings. The maximum absolute atomic E-state index is 9.88.